The van der Waals surface area contributed by atoms with Gasteiger partial charge in [0.05, 0.1) is 6.61 Å². The van der Waals surface area contributed by atoms with Gasteiger partial charge in [-0.15, -0.1) is 6.58 Å². The fourth-order valence-corrected chi connectivity index (χ4v) is 2.88. The summed E-state index contributed by atoms with van der Waals surface area (Å²) in [5.74, 6) is 0.640. The highest BCUT2D eigenvalue weighted by Gasteiger charge is 2.20. The molecule has 0 spiro atoms. The molecule has 1 aliphatic heterocycles. The van der Waals surface area contributed by atoms with Gasteiger partial charge >= 0.3 is 0 Å². The zero-order valence-corrected chi connectivity index (χ0v) is 13.1. The van der Waals surface area contributed by atoms with E-state index in [0.717, 1.165) is 23.0 Å². The van der Waals surface area contributed by atoms with E-state index in [0.29, 0.717) is 18.3 Å². The third kappa shape index (κ3) is 5.15. The van der Waals surface area contributed by atoms with Crippen molar-refractivity contribution in [2.75, 3.05) is 25.5 Å². The Bertz CT molecular complexity index is 534. The molecule has 1 amide bonds. The molecule has 1 aromatic rings. The van der Waals surface area contributed by atoms with Gasteiger partial charge in [-0.2, -0.15) is 4.99 Å². The van der Waals surface area contributed by atoms with E-state index < -0.39 is 0 Å². The summed E-state index contributed by atoms with van der Waals surface area (Å²) >= 11 is 7.34. The molecule has 1 saturated heterocycles. The third-order valence-electron chi connectivity index (χ3n) is 2.71. The van der Waals surface area contributed by atoms with Crippen LogP contribution in [0.15, 0.2) is 36.0 Å². The topological polar surface area (TPSA) is 54.8 Å². The van der Waals surface area contributed by atoms with Crippen molar-refractivity contribution in [2.24, 2.45) is 4.99 Å². The Labute approximate surface area is 133 Å². The number of amidine groups is 1. The molecule has 0 radical (unpaired) electrons. The minimum absolute atomic E-state index is 0.0214. The number of carbonyl (C=O) groups is 1. The number of aromatic nitrogens is 1. The summed E-state index contributed by atoms with van der Waals surface area (Å²) in [6.45, 7) is 5.37. The number of rotatable bonds is 6. The van der Waals surface area contributed by atoms with Gasteiger partial charge in [0.15, 0.2) is 5.17 Å². The monoisotopic (exact) mass is 325 g/mol. The van der Waals surface area contributed by atoms with Crippen molar-refractivity contribution in [1.29, 1.82) is 0 Å². The fourth-order valence-electron chi connectivity index (χ4n) is 1.77. The molecule has 0 N–H and O–H groups in total. The predicted molar refractivity (Wildman–Crippen MR) is 85.6 cm³/mol. The average molecular weight is 326 g/mol. The minimum atomic E-state index is -0.277. The van der Waals surface area contributed by atoms with Crippen LogP contribution in [0.1, 0.15) is 5.56 Å². The summed E-state index contributed by atoms with van der Waals surface area (Å²) in [6, 6.07) is 3.68. The van der Waals surface area contributed by atoms with Crippen LogP contribution in [0, 0.1) is 0 Å². The van der Waals surface area contributed by atoms with Gasteiger partial charge in [0.1, 0.15) is 11.8 Å². The number of halogens is 1. The van der Waals surface area contributed by atoms with Crippen LogP contribution in [0.3, 0.4) is 0 Å². The predicted octanol–water partition coefficient (Wildman–Crippen LogP) is 2.37. The van der Waals surface area contributed by atoms with Gasteiger partial charge in [-0.25, -0.2) is 4.98 Å². The summed E-state index contributed by atoms with van der Waals surface area (Å²) < 4.78 is 5.09. The van der Waals surface area contributed by atoms with Crippen LogP contribution in [0.4, 0.5) is 0 Å². The van der Waals surface area contributed by atoms with Crippen molar-refractivity contribution in [1.82, 2.24) is 9.88 Å². The third-order valence-corrected chi connectivity index (χ3v) is 3.92. The Balaban J connectivity index is 1.94. The second-order valence-electron chi connectivity index (χ2n) is 4.35. The van der Waals surface area contributed by atoms with E-state index in [1.165, 1.54) is 0 Å². The number of thioether (sulfide) groups is 1. The summed E-state index contributed by atoms with van der Waals surface area (Å²) in [5.41, 5.74) is 1.03. The van der Waals surface area contributed by atoms with Gasteiger partial charge in [-0.3, -0.25) is 4.79 Å². The summed E-state index contributed by atoms with van der Waals surface area (Å²) in [5, 5.41) is 1.20. The fraction of sp³-hybridized carbons (Fsp3) is 0.357. The number of pyridine rings is 1. The second kappa shape index (κ2) is 8.17. The van der Waals surface area contributed by atoms with Gasteiger partial charge in [-0.1, -0.05) is 35.5 Å². The average Bonchev–Trinajstić information content (AvgIpc) is 2.89. The maximum absolute atomic E-state index is 11.7. The van der Waals surface area contributed by atoms with Crippen molar-refractivity contribution in [3.63, 3.8) is 0 Å². The first-order chi connectivity index (χ1) is 10.2. The van der Waals surface area contributed by atoms with Crippen molar-refractivity contribution < 1.29 is 9.53 Å². The lowest BCUT2D eigenvalue weighted by Crippen LogP contribution is -2.25. The first-order valence-electron chi connectivity index (χ1n) is 6.47. The number of carbonyl (C=O) groups excluding carboxylic acids is 1. The van der Waals surface area contributed by atoms with Crippen molar-refractivity contribution in [3.8, 4) is 0 Å². The second-order valence-corrected chi connectivity index (χ2v) is 5.80. The number of hydrogen-bond donors (Lipinski definition) is 0. The van der Waals surface area contributed by atoms with Gasteiger partial charge in [0.25, 0.3) is 5.91 Å². The Kier molecular flexibility index (Phi) is 6.22. The SMILES string of the molecule is C=CCOCC(=O)N=C1SCCN1Cc1ccc(Cl)nc1. The van der Waals surface area contributed by atoms with Crippen molar-refractivity contribution in [3.05, 3.63) is 41.7 Å². The molecule has 0 saturated carbocycles. The number of ether oxygens (including phenoxy) is 1. The number of aliphatic imine (C=N–C) groups is 1. The molecule has 0 bridgehead atoms. The van der Waals surface area contributed by atoms with Crippen LogP contribution in [0.5, 0.6) is 0 Å². The van der Waals surface area contributed by atoms with E-state index in [2.05, 4.69) is 21.5 Å². The molecule has 0 aromatic carbocycles. The molecule has 2 rings (SSSR count). The lowest BCUT2D eigenvalue weighted by atomic mass is 10.3. The largest absolute Gasteiger partial charge is 0.368 e. The molecular formula is C14H16ClN3O2S. The highest BCUT2D eigenvalue weighted by Crippen LogP contribution is 2.20. The highest BCUT2D eigenvalue weighted by molar-refractivity contribution is 8.14. The van der Waals surface area contributed by atoms with E-state index in [4.69, 9.17) is 16.3 Å². The normalized spacial score (nSPS) is 16.4. The van der Waals surface area contributed by atoms with Gasteiger partial charge in [0.2, 0.25) is 0 Å². The Hall–Kier alpha value is -1.37. The molecule has 7 heteroatoms. The maximum atomic E-state index is 11.7. The van der Waals surface area contributed by atoms with Crippen LogP contribution in [0.25, 0.3) is 0 Å². The minimum Gasteiger partial charge on any atom is -0.368 e. The highest BCUT2D eigenvalue weighted by atomic mass is 35.5. The molecule has 21 heavy (non-hydrogen) atoms. The van der Waals surface area contributed by atoms with E-state index in [1.807, 2.05) is 6.07 Å². The standard InChI is InChI=1S/C14H16ClN3O2S/c1-2-6-20-10-13(19)17-14-18(5-7-21-14)9-11-3-4-12(15)16-8-11/h2-4,8H,1,5-7,9-10H2. The van der Waals surface area contributed by atoms with E-state index in [-0.39, 0.29) is 12.5 Å². The van der Waals surface area contributed by atoms with E-state index in [9.17, 15) is 4.79 Å². The van der Waals surface area contributed by atoms with Gasteiger partial charge < -0.3 is 9.64 Å². The van der Waals surface area contributed by atoms with Crippen LogP contribution in [0.2, 0.25) is 5.15 Å². The van der Waals surface area contributed by atoms with Gasteiger partial charge in [-0.05, 0) is 11.6 Å². The Morgan fingerprint density at radius 1 is 1.62 bits per heavy atom. The first kappa shape index (κ1) is 16.0. The lowest BCUT2D eigenvalue weighted by Gasteiger charge is -2.17. The number of hydrogen-bond acceptors (Lipinski definition) is 4. The molecule has 112 valence electrons. The molecular weight excluding hydrogens is 310 g/mol. The first-order valence-corrected chi connectivity index (χ1v) is 7.83. The molecule has 0 atom stereocenters. The summed E-state index contributed by atoms with van der Waals surface area (Å²) in [4.78, 5) is 21.9. The molecule has 2 heterocycles. The zero-order valence-electron chi connectivity index (χ0n) is 11.5. The van der Waals surface area contributed by atoms with E-state index >= 15 is 0 Å². The molecule has 1 aromatic heterocycles. The summed E-state index contributed by atoms with van der Waals surface area (Å²) in [7, 11) is 0. The quantitative estimate of drug-likeness (QED) is 0.456. The Morgan fingerprint density at radius 3 is 3.19 bits per heavy atom. The molecule has 1 aliphatic rings. The smallest absolute Gasteiger partial charge is 0.274 e. The number of nitrogens with zero attached hydrogens (tertiary/aromatic N) is 3. The van der Waals surface area contributed by atoms with Crippen molar-refractivity contribution in [2.45, 2.75) is 6.54 Å². The maximum Gasteiger partial charge on any atom is 0.274 e. The van der Waals surface area contributed by atoms with Crippen LogP contribution >= 0.6 is 23.4 Å². The molecule has 0 unspecified atom stereocenters. The van der Waals surface area contributed by atoms with Crippen LogP contribution < -0.4 is 0 Å². The van der Waals surface area contributed by atoms with E-state index in [1.54, 1.807) is 30.1 Å². The van der Waals surface area contributed by atoms with Crippen molar-refractivity contribution >= 4 is 34.4 Å². The number of amides is 1. The summed E-state index contributed by atoms with van der Waals surface area (Å²) in [6.07, 6.45) is 3.34. The van der Waals surface area contributed by atoms with Crippen LogP contribution in [-0.4, -0.2) is 46.5 Å². The Morgan fingerprint density at radius 2 is 2.48 bits per heavy atom. The molecule has 0 aliphatic carbocycles. The van der Waals surface area contributed by atoms with Crippen LogP contribution in [-0.2, 0) is 16.1 Å². The zero-order chi connectivity index (χ0) is 15.1. The van der Waals surface area contributed by atoms with Gasteiger partial charge in [0, 0.05) is 25.0 Å². The molecule has 5 nitrogen and oxygen atoms in total. The lowest BCUT2D eigenvalue weighted by molar-refractivity contribution is -0.121. The molecule has 1 fully saturated rings.